The summed E-state index contributed by atoms with van der Waals surface area (Å²) in [6.45, 7) is 1.13. The standard InChI is InChI=1S/C17H15FN2O6/c1-10-3-5-13(12(18)7-10)19-16(21)9-26-15-6-4-11(17(22)25-2)8-14(15)20(23)24/h3-8H,9H2,1-2H3,(H,19,21). The van der Waals surface area contributed by atoms with Gasteiger partial charge in [-0.05, 0) is 36.8 Å². The molecule has 0 saturated carbocycles. The minimum absolute atomic E-state index is 0.0280. The van der Waals surface area contributed by atoms with Crippen LogP contribution in [0.25, 0.3) is 0 Å². The van der Waals surface area contributed by atoms with Gasteiger partial charge in [-0.1, -0.05) is 6.07 Å². The third-order valence-electron chi connectivity index (χ3n) is 3.33. The monoisotopic (exact) mass is 362 g/mol. The molecule has 0 radical (unpaired) electrons. The highest BCUT2D eigenvalue weighted by molar-refractivity contribution is 5.92. The molecule has 136 valence electrons. The zero-order valence-corrected chi connectivity index (χ0v) is 13.9. The molecule has 1 amide bonds. The van der Waals surface area contributed by atoms with Crippen LogP contribution in [0, 0.1) is 22.9 Å². The molecule has 0 aliphatic carbocycles. The number of carbonyl (C=O) groups is 2. The molecular weight excluding hydrogens is 347 g/mol. The maximum atomic E-state index is 13.7. The van der Waals surface area contributed by atoms with Crippen molar-refractivity contribution in [2.24, 2.45) is 0 Å². The molecule has 0 aliphatic rings. The maximum absolute atomic E-state index is 13.7. The first-order valence-electron chi connectivity index (χ1n) is 7.37. The predicted molar refractivity (Wildman–Crippen MR) is 89.7 cm³/mol. The van der Waals surface area contributed by atoms with Crippen LogP contribution < -0.4 is 10.1 Å². The van der Waals surface area contributed by atoms with Crippen LogP contribution >= 0.6 is 0 Å². The van der Waals surface area contributed by atoms with Gasteiger partial charge in [0.05, 0.1) is 23.3 Å². The van der Waals surface area contributed by atoms with Crippen LogP contribution in [0.4, 0.5) is 15.8 Å². The van der Waals surface area contributed by atoms with E-state index < -0.39 is 34.9 Å². The van der Waals surface area contributed by atoms with Gasteiger partial charge in [-0.15, -0.1) is 0 Å². The second kappa shape index (κ2) is 8.06. The average Bonchev–Trinajstić information content (AvgIpc) is 2.61. The summed E-state index contributed by atoms with van der Waals surface area (Å²) in [7, 11) is 1.15. The van der Waals surface area contributed by atoms with Crippen LogP contribution in [-0.2, 0) is 9.53 Å². The van der Waals surface area contributed by atoms with Gasteiger partial charge in [0.15, 0.2) is 12.4 Å². The summed E-state index contributed by atoms with van der Waals surface area (Å²) in [5.41, 5.74) is 0.137. The van der Waals surface area contributed by atoms with Gasteiger partial charge in [0.2, 0.25) is 0 Å². The van der Waals surface area contributed by atoms with Gasteiger partial charge in [0.25, 0.3) is 5.91 Å². The Hall–Kier alpha value is -3.49. The molecule has 0 unspecified atom stereocenters. The molecule has 0 atom stereocenters. The van der Waals surface area contributed by atoms with Gasteiger partial charge >= 0.3 is 11.7 Å². The topological polar surface area (TPSA) is 108 Å². The van der Waals surface area contributed by atoms with E-state index in [0.717, 1.165) is 13.2 Å². The number of amides is 1. The number of methoxy groups -OCH3 is 1. The Bertz CT molecular complexity index is 868. The van der Waals surface area contributed by atoms with Crippen LogP contribution in [0.2, 0.25) is 0 Å². The highest BCUT2D eigenvalue weighted by atomic mass is 19.1. The molecule has 0 spiro atoms. The van der Waals surface area contributed by atoms with E-state index in [2.05, 4.69) is 10.1 Å². The Balaban J connectivity index is 2.09. The van der Waals surface area contributed by atoms with Crippen LogP contribution in [0.3, 0.4) is 0 Å². The fourth-order valence-electron chi connectivity index (χ4n) is 2.08. The Labute approximate surface area is 147 Å². The molecule has 0 saturated heterocycles. The fraction of sp³-hybridized carbons (Fsp3) is 0.176. The number of benzene rings is 2. The number of ether oxygens (including phenoxy) is 2. The lowest BCUT2D eigenvalue weighted by molar-refractivity contribution is -0.385. The normalized spacial score (nSPS) is 10.1. The quantitative estimate of drug-likeness (QED) is 0.481. The number of nitrogens with one attached hydrogen (secondary N) is 1. The Morgan fingerprint density at radius 1 is 1.23 bits per heavy atom. The van der Waals surface area contributed by atoms with Gasteiger partial charge in [-0.2, -0.15) is 0 Å². The molecule has 1 N–H and O–H groups in total. The number of carbonyl (C=O) groups excluding carboxylic acids is 2. The van der Waals surface area contributed by atoms with Gasteiger partial charge in [0.1, 0.15) is 5.82 Å². The minimum atomic E-state index is -0.751. The van der Waals surface area contributed by atoms with Crippen molar-refractivity contribution >= 4 is 23.3 Å². The van der Waals surface area contributed by atoms with Crippen molar-refractivity contribution in [1.82, 2.24) is 0 Å². The SMILES string of the molecule is COC(=O)c1ccc(OCC(=O)Nc2ccc(C)cc2F)c([N+](=O)[O-])c1. The predicted octanol–water partition coefficient (Wildman–Crippen LogP) is 2.85. The highest BCUT2D eigenvalue weighted by Crippen LogP contribution is 2.28. The highest BCUT2D eigenvalue weighted by Gasteiger charge is 2.20. The van der Waals surface area contributed by atoms with E-state index in [1.807, 2.05) is 0 Å². The van der Waals surface area contributed by atoms with Crippen LogP contribution in [-0.4, -0.2) is 30.5 Å². The van der Waals surface area contributed by atoms with Crippen LogP contribution in [0.15, 0.2) is 36.4 Å². The average molecular weight is 362 g/mol. The van der Waals surface area contributed by atoms with Crippen molar-refractivity contribution < 1.29 is 28.4 Å². The molecular formula is C17H15FN2O6. The zero-order chi connectivity index (χ0) is 19.3. The summed E-state index contributed by atoms with van der Waals surface area (Å²) in [5.74, 6) is -2.25. The van der Waals surface area contributed by atoms with E-state index in [4.69, 9.17) is 4.74 Å². The lowest BCUT2D eigenvalue weighted by atomic mass is 10.2. The number of rotatable bonds is 6. The first-order chi connectivity index (χ1) is 12.3. The summed E-state index contributed by atoms with van der Waals surface area (Å²) in [6, 6.07) is 7.72. The smallest absolute Gasteiger partial charge is 0.338 e. The van der Waals surface area contributed by atoms with Crippen molar-refractivity contribution in [1.29, 1.82) is 0 Å². The number of esters is 1. The Kier molecular flexibility index (Phi) is 5.84. The number of hydrogen-bond acceptors (Lipinski definition) is 6. The fourth-order valence-corrected chi connectivity index (χ4v) is 2.08. The first-order valence-corrected chi connectivity index (χ1v) is 7.37. The molecule has 26 heavy (non-hydrogen) atoms. The number of aryl methyl sites for hydroxylation is 1. The summed E-state index contributed by atoms with van der Waals surface area (Å²) in [5, 5.41) is 13.4. The second-order valence-electron chi connectivity index (χ2n) is 5.25. The molecule has 0 aliphatic heterocycles. The van der Waals surface area contributed by atoms with Crippen molar-refractivity contribution in [3.05, 3.63) is 63.5 Å². The second-order valence-corrected chi connectivity index (χ2v) is 5.25. The van der Waals surface area contributed by atoms with Gasteiger partial charge in [-0.25, -0.2) is 9.18 Å². The van der Waals surface area contributed by atoms with Crippen molar-refractivity contribution in [3.63, 3.8) is 0 Å². The van der Waals surface area contributed by atoms with E-state index in [9.17, 15) is 24.1 Å². The molecule has 8 nitrogen and oxygen atoms in total. The van der Waals surface area contributed by atoms with Crippen molar-refractivity contribution in [3.8, 4) is 5.75 Å². The Morgan fingerprint density at radius 2 is 1.96 bits per heavy atom. The lowest BCUT2D eigenvalue weighted by Gasteiger charge is -2.09. The van der Waals surface area contributed by atoms with Crippen LogP contribution in [0.1, 0.15) is 15.9 Å². The van der Waals surface area contributed by atoms with Gasteiger partial charge in [0, 0.05) is 6.07 Å². The lowest BCUT2D eigenvalue weighted by Crippen LogP contribution is -2.21. The number of nitro benzene ring substituents is 1. The molecule has 0 fully saturated rings. The molecule has 9 heteroatoms. The van der Waals surface area contributed by atoms with Crippen LogP contribution in [0.5, 0.6) is 5.75 Å². The third-order valence-corrected chi connectivity index (χ3v) is 3.33. The maximum Gasteiger partial charge on any atom is 0.338 e. The number of nitrogens with zero attached hydrogens (tertiary/aromatic N) is 1. The van der Waals surface area contributed by atoms with E-state index in [1.165, 1.54) is 24.3 Å². The third kappa shape index (κ3) is 4.53. The molecule has 2 rings (SSSR count). The summed E-state index contributed by atoms with van der Waals surface area (Å²) < 4.78 is 23.3. The minimum Gasteiger partial charge on any atom is -0.477 e. The van der Waals surface area contributed by atoms with Gasteiger partial charge in [-0.3, -0.25) is 14.9 Å². The van der Waals surface area contributed by atoms with Crippen molar-refractivity contribution in [2.45, 2.75) is 6.92 Å². The number of nitro groups is 1. The van der Waals surface area contributed by atoms with Gasteiger partial charge < -0.3 is 14.8 Å². The molecule has 2 aromatic carbocycles. The first kappa shape index (κ1) is 18.8. The number of anilines is 1. The molecule has 0 aromatic heterocycles. The van der Waals surface area contributed by atoms with E-state index >= 15 is 0 Å². The summed E-state index contributed by atoms with van der Waals surface area (Å²) in [4.78, 5) is 33.7. The zero-order valence-electron chi connectivity index (χ0n) is 13.9. The largest absolute Gasteiger partial charge is 0.477 e. The summed E-state index contributed by atoms with van der Waals surface area (Å²) >= 11 is 0. The molecule has 0 bridgehead atoms. The Morgan fingerprint density at radius 3 is 2.58 bits per heavy atom. The number of hydrogen-bond donors (Lipinski definition) is 1. The molecule has 0 heterocycles. The summed E-state index contributed by atoms with van der Waals surface area (Å²) in [6.07, 6.45) is 0. The van der Waals surface area contributed by atoms with E-state index in [0.29, 0.717) is 5.56 Å². The van der Waals surface area contributed by atoms with Crippen molar-refractivity contribution in [2.75, 3.05) is 19.0 Å². The van der Waals surface area contributed by atoms with E-state index in [1.54, 1.807) is 13.0 Å². The van der Waals surface area contributed by atoms with E-state index in [-0.39, 0.29) is 17.0 Å². The molecule has 2 aromatic rings. The number of halogens is 1.